The smallest absolute Gasteiger partial charge is 0.291 e. The molecule has 0 aromatic heterocycles. The summed E-state index contributed by atoms with van der Waals surface area (Å²) < 4.78 is 10.5. The summed E-state index contributed by atoms with van der Waals surface area (Å²) in [5.41, 5.74) is -0.315. The molecular formula is C12H14N2O4. The highest BCUT2D eigenvalue weighted by Crippen LogP contribution is 2.34. The molecular weight excluding hydrogens is 236 g/mol. The highest BCUT2D eigenvalue weighted by atomic mass is 16.6. The minimum atomic E-state index is -0.614. The van der Waals surface area contributed by atoms with Gasteiger partial charge < -0.3 is 9.47 Å². The van der Waals surface area contributed by atoms with Gasteiger partial charge in [-0.25, -0.2) is 0 Å². The van der Waals surface area contributed by atoms with Crippen LogP contribution in [0.5, 0.6) is 11.5 Å². The molecule has 0 saturated heterocycles. The Morgan fingerprint density at radius 1 is 1.44 bits per heavy atom. The molecule has 96 valence electrons. The van der Waals surface area contributed by atoms with Gasteiger partial charge in [-0.2, -0.15) is 5.26 Å². The number of methoxy groups -OCH3 is 1. The van der Waals surface area contributed by atoms with Gasteiger partial charge in [0, 0.05) is 6.07 Å². The van der Waals surface area contributed by atoms with Gasteiger partial charge in [-0.15, -0.1) is 0 Å². The summed E-state index contributed by atoms with van der Waals surface area (Å²) >= 11 is 0. The Hall–Kier alpha value is -2.29. The maximum Gasteiger partial charge on any atom is 0.291 e. The van der Waals surface area contributed by atoms with Gasteiger partial charge in [0.2, 0.25) is 0 Å². The van der Waals surface area contributed by atoms with Crippen molar-refractivity contribution in [2.45, 2.75) is 19.8 Å². The highest BCUT2D eigenvalue weighted by molar-refractivity contribution is 5.58. The molecule has 0 fully saturated rings. The number of benzene rings is 1. The molecule has 0 aliphatic rings. The monoisotopic (exact) mass is 250 g/mol. The number of nitro groups is 1. The van der Waals surface area contributed by atoms with Crippen molar-refractivity contribution in [1.29, 1.82) is 5.26 Å². The number of nitriles is 1. The lowest BCUT2D eigenvalue weighted by Gasteiger charge is -2.10. The number of ether oxygens (including phenoxy) is 2. The molecule has 6 nitrogen and oxygen atoms in total. The van der Waals surface area contributed by atoms with Crippen LogP contribution in [0.3, 0.4) is 0 Å². The first kappa shape index (κ1) is 13.8. The fourth-order valence-electron chi connectivity index (χ4n) is 1.39. The zero-order valence-electron chi connectivity index (χ0n) is 10.3. The van der Waals surface area contributed by atoms with E-state index in [2.05, 4.69) is 0 Å². The van der Waals surface area contributed by atoms with E-state index in [1.807, 2.05) is 6.92 Å². The van der Waals surface area contributed by atoms with E-state index in [-0.39, 0.29) is 17.0 Å². The van der Waals surface area contributed by atoms with E-state index in [0.717, 1.165) is 12.8 Å². The summed E-state index contributed by atoms with van der Waals surface area (Å²) in [6, 6.07) is 4.33. The number of hydrogen-bond acceptors (Lipinski definition) is 5. The molecule has 0 aliphatic heterocycles. The Bertz CT molecular complexity index is 480. The molecule has 0 unspecified atom stereocenters. The molecule has 6 heteroatoms. The second-order valence-electron chi connectivity index (χ2n) is 3.59. The van der Waals surface area contributed by atoms with E-state index < -0.39 is 4.92 Å². The predicted molar refractivity (Wildman–Crippen MR) is 64.8 cm³/mol. The van der Waals surface area contributed by atoms with Crippen molar-refractivity contribution in [3.63, 3.8) is 0 Å². The van der Waals surface area contributed by atoms with Crippen molar-refractivity contribution in [3.8, 4) is 17.6 Å². The van der Waals surface area contributed by atoms with Crippen molar-refractivity contribution in [3.05, 3.63) is 27.8 Å². The first-order chi connectivity index (χ1) is 8.63. The third-order valence-corrected chi connectivity index (χ3v) is 2.35. The number of hydrogen-bond donors (Lipinski definition) is 0. The fraction of sp³-hybridized carbons (Fsp3) is 0.417. The van der Waals surface area contributed by atoms with E-state index in [0.29, 0.717) is 12.4 Å². The molecule has 1 aromatic rings. The van der Waals surface area contributed by atoms with Gasteiger partial charge in [0.05, 0.1) is 24.7 Å². The van der Waals surface area contributed by atoms with E-state index in [1.54, 1.807) is 6.07 Å². The predicted octanol–water partition coefficient (Wildman–Crippen LogP) is 2.65. The standard InChI is InChI=1S/C12H14N2O4/c1-3-4-5-18-12-6-9(8-13)10(14(15)16)7-11(12)17-2/h6-7H,3-5H2,1-2H3. The zero-order chi connectivity index (χ0) is 13.5. The van der Waals surface area contributed by atoms with Crippen LogP contribution in [0.4, 0.5) is 5.69 Å². The molecule has 18 heavy (non-hydrogen) atoms. The van der Waals surface area contributed by atoms with Crippen LogP contribution >= 0.6 is 0 Å². The van der Waals surface area contributed by atoms with Crippen molar-refractivity contribution in [2.75, 3.05) is 13.7 Å². The molecule has 1 rings (SSSR count). The molecule has 0 atom stereocenters. The average molecular weight is 250 g/mol. The van der Waals surface area contributed by atoms with Crippen molar-refractivity contribution in [1.82, 2.24) is 0 Å². The van der Waals surface area contributed by atoms with Gasteiger partial charge in [-0.05, 0) is 6.42 Å². The van der Waals surface area contributed by atoms with Crippen LogP contribution in [0.2, 0.25) is 0 Å². The molecule has 1 aromatic carbocycles. The third kappa shape index (κ3) is 3.10. The Kier molecular flexibility index (Phi) is 4.93. The van der Waals surface area contributed by atoms with Crippen LogP contribution in [0.15, 0.2) is 12.1 Å². The SMILES string of the molecule is CCCCOc1cc(C#N)c([N+](=O)[O-])cc1OC. The summed E-state index contributed by atoms with van der Waals surface area (Å²) in [6.45, 7) is 2.51. The van der Waals surface area contributed by atoms with E-state index in [9.17, 15) is 10.1 Å². The van der Waals surface area contributed by atoms with E-state index in [1.165, 1.54) is 19.2 Å². The van der Waals surface area contributed by atoms with Crippen LogP contribution in [0, 0.1) is 21.4 Å². The van der Waals surface area contributed by atoms with Crippen LogP contribution < -0.4 is 9.47 Å². The largest absolute Gasteiger partial charge is 0.493 e. The second-order valence-corrected chi connectivity index (χ2v) is 3.59. The van der Waals surface area contributed by atoms with Crippen LogP contribution in [0.1, 0.15) is 25.3 Å². The lowest BCUT2D eigenvalue weighted by molar-refractivity contribution is -0.385. The summed E-state index contributed by atoms with van der Waals surface area (Å²) in [6.07, 6.45) is 1.84. The van der Waals surface area contributed by atoms with E-state index in [4.69, 9.17) is 14.7 Å². The van der Waals surface area contributed by atoms with Gasteiger partial charge in [0.1, 0.15) is 11.6 Å². The van der Waals surface area contributed by atoms with Crippen molar-refractivity contribution >= 4 is 5.69 Å². The molecule has 0 aliphatic carbocycles. The van der Waals surface area contributed by atoms with Gasteiger partial charge >= 0.3 is 0 Å². The summed E-state index contributed by atoms with van der Waals surface area (Å²) in [5.74, 6) is 0.616. The Morgan fingerprint density at radius 2 is 2.17 bits per heavy atom. The quantitative estimate of drug-likeness (QED) is 0.440. The Labute approximate surface area is 105 Å². The third-order valence-electron chi connectivity index (χ3n) is 2.35. The minimum Gasteiger partial charge on any atom is -0.493 e. The average Bonchev–Trinajstić information content (AvgIpc) is 2.38. The molecule has 0 radical (unpaired) electrons. The molecule has 0 N–H and O–H groups in total. The maximum absolute atomic E-state index is 10.8. The summed E-state index contributed by atoms with van der Waals surface area (Å²) in [4.78, 5) is 10.2. The topological polar surface area (TPSA) is 85.4 Å². The van der Waals surface area contributed by atoms with Crippen LogP contribution in [0.25, 0.3) is 0 Å². The normalized spacial score (nSPS) is 9.61. The van der Waals surface area contributed by atoms with Gasteiger partial charge in [0.25, 0.3) is 5.69 Å². The lowest BCUT2D eigenvalue weighted by Crippen LogP contribution is -2.01. The molecule has 0 bridgehead atoms. The summed E-state index contributed by atoms with van der Waals surface area (Å²) in [7, 11) is 1.40. The molecule has 0 saturated carbocycles. The van der Waals surface area contributed by atoms with Gasteiger partial charge in [-0.1, -0.05) is 13.3 Å². The number of nitro benzene ring substituents is 1. The number of nitrogens with zero attached hydrogens (tertiary/aromatic N) is 2. The van der Waals surface area contributed by atoms with Crippen LogP contribution in [-0.4, -0.2) is 18.6 Å². The van der Waals surface area contributed by atoms with E-state index >= 15 is 0 Å². The molecule has 0 heterocycles. The van der Waals surface area contributed by atoms with Crippen molar-refractivity contribution < 1.29 is 14.4 Å². The van der Waals surface area contributed by atoms with Crippen LogP contribution in [-0.2, 0) is 0 Å². The molecule has 0 amide bonds. The fourth-order valence-corrected chi connectivity index (χ4v) is 1.39. The number of rotatable bonds is 6. The summed E-state index contributed by atoms with van der Waals surface area (Å²) in [5, 5.41) is 19.7. The van der Waals surface area contributed by atoms with Gasteiger partial charge in [0.15, 0.2) is 11.5 Å². The molecule has 0 spiro atoms. The first-order valence-corrected chi connectivity index (χ1v) is 5.53. The second kappa shape index (κ2) is 6.45. The van der Waals surface area contributed by atoms with Gasteiger partial charge in [-0.3, -0.25) is 10.1 Å². The Morgan fingerprint density at radius 3 is 2.67 bits per heavy atom. The Balaban J connectivity index is 3.11. The van der Waals surface area contributed by atoms with Crippen molar-refractivity contribution in [2.24, 2.45) is 0 Å². The zero-order valence-corrected chi connectivity index (χ0v) is 10.3. The maximum atomic E-state index is 10.8. The number of unbranched alkanes of at least 4 members (excludes halogenated alkanes) is 1. The lowest BCUT2D eigenvalue weighted by atomic mass is 10.1. The minimum absolute atomic E-state index is 0.0349. The highest BCUT2D eigenvalue weighted by Gasteiger charge is 2.19. The first-order valence-electron chi connectivity index (χ1n) is 5.53.